The van der Waals surface area contributed by atoms with Crippen LogP contribution >= 0.6 is 0 Å². The smallest absolute Gasteiger partial charge is 0.126 e. The normalized spacial score (nSPS) is 10.8. The summed E-state index contributed by atoms with van der Waals surface area (Å²) in [6.07, 6.45) is 0.573. The van der Waals surface area contributed by atoms with Gasteiger partial charge in [0.15, 0.2) is 0 Å². The Morgan fingerprint density at radius 2 is 1.45 bits per heavy atom. The largest absolute Gasteiger partial charge is 0.392 e. The second-order valence-corrected chi connectivity index (χ2v) is 4.68. The third-order valence-electron chi connectivity index (χ3n) is 3.05. The lowest BCUT2D eigenvalue weighted by molar-refractivity contribution is 0.282. The maximum atomic E-state index is 13.0. The van der Waals surface area contributed by atoms with Gasteiger partial charge >= 0.3 is 0 Å². The Kier molecular flexibility index (Phi) is 5.21. The molecular weight excluding hydrogens is 260 g/mol. The lowest BCUT2D eigenvalue weighted by atomic mass is 10.1. The zero-order chi connectivity index (χ0) is 14.4. The van der Waals surface area contributed by atoms with Gasteiger partial charge in [-0.25, -0.2) is 8.78 Å². The number of hydrogen-bond acceptors (Lipinski definition) is 2. The van der Waals surface area contributed by atoms with Crippen molar-refractivity contribution in [3.63, 3.8) is 0 Å². The van der Waals surface area contributed by atoms with Gasteiger partial charge in [0.2, 0.25) is 0 Å². The molecular formula is C16H17F2NO. The molecule has 0 bridgehead atoms. The summed E-state index contributed by atoms with van der Waals surface area (Å²) in [4.78, 5) is 0. The predicted octanol–water partition coefficient (Wildman–Crippen LogP) is 2.79. The van der Waals surface area contributed by atoms with Crippen molar-refractivity contribution in [3.8, 4) is 0 Å². The van der Waals surface area contributed by atoms with Gasteiger partial charge in [-0.3, -0.25) is 0 Å². The van der Waals surface area contributed by atoms with Crippen molar-refractivity contribution in [1.29, 1.82) is 0 Å². The highest BCUT2D eigenvalue weighted by atomic mass is 19.1. The molecule has 0 radical (unpaired) electrons. The third-order valence-corrected chi connectivity index (χ3v) is 3.05. The van der Waals surface area contributed by atoms with Gasteiger partial charge in [0.05, 0.1) is 6.61 Å². The summed E-state index contributed by atoms with van der Waals surface area (Å²) in [6.45, 7) is 1.37. The number of nitrogens with one attached hydrogen (secondary N) is 1. The molecule has 2 rings (SSSR count). The molecule has 0 heterocycles. The molecule has 0 fully saturated rings. The highest BCUT2D eigenvalue weighted by Gasteiger charge is 2.00. The average Bonchev–Trinajstić information content (AvgIpc) is 2.43. The van der Waals surface area contributed by atoms with Crippen LogP contribution in [-0.4, -0.2) is 11.7 Å². The SMILES string of the molecule is OCc1ccc(CNCCc2cc(F)cc(F)c2)cc1. The number of hydrogen-bond donors (Lipinski definition) is 2. The molecule has 0 unspecified atom stereocenters. The highest BCUT2D eigenvalue weighted by molar-refractivity contribution is 5.22. The fourth-order valence-corrected chi connectivity index (χ4v) is 1.98. The van der Waals surface area contributed by atoms with E-state index < -0.39 is 11.6 Å². The van der Waals surface area contributed by atoms with Crippen LogP contribution < -0.4 is 5.32 Å². The highest BCUT2D eigenvalue weighted by Crippen LogP contribution is 2.08. The average molecular weight is 277 g/mol. The Morgan fingerprint density at radius 3 is 2.05 bits per heavy atom. The minimum Gasteiger partial charge on any atom is -0.392 e. The van der Waals surface area contributed by atoms with Gasteiger partial charge in [0.1, 0.15) is 11.6 Å². The van der Waals surface area contributed by atoms with E-state index in [0.29, 0.717) is 25.1 Å². The lowest BCUT2D eigenvalue weighted by Crippen LogP contribution is -2.16. The zero-order valence-corrected chi connectivity index (χ0v) is 11.1. The van der Waals surface area contributed by atoms with Gasteiger partial charge in [0, 0.05) is 12.6 Å². The van der Waals surface area contributed by atoms with Crippen LogP contribution in [0.1, 0.15) is 16.7 Å². The van der Waals surface area contributed by atoms with Crippen LogP contribution in [0.3, 0.4) is 0 Å². The predicted molar refractivity (Wildman–Crippen MR) is 74.1 cm³/mol. The van der Waals surface area contributed by atoms with Gasteiger partial charge < -0.3 is 10.4 Å². The molecule has 0 aliphatic rings. The summed E-state index contributed by atoms with van der Waals surface area (Å²) in [7, 11) is 0. The molecule has 2 N–H and O–H groups in total. The first-order chi connectivity index (χ1) is 9.67. The summed E-state index contributed by atoms with van der Waals surface area (Å²) < 4.78 is 26.0. The summed E-state index contributed by atoms with van der Waals surface area (Å²) in [5, 5.41) is 12.2. The van der Waals surface area contributed by atoms with E-state index in [1.165, 1.54) is 12.1 Å². The Labute approximate surface area is 117 Å². The molecule has 0 atom stereocenters. The number of aliphatic hydroxyl groups is 1. The van der Waals surface area contributed by atoms with E-state index in [0.717, 1.165) is 17.2 Å². The van der Waals surface area contributed by atoms with E-state index in [1.54, 1.807) is 0 Å². The van der Waals surface area contributed by atoms with Crippen molar-refractivity contribution in [2.75, 3.05) is 6.54 Å². The topological polar surface area (TPSA) is 32.3 Å². The molecule has 0 saturated carbocycles. The number of benzene rings is 2. The number of halogens is 2. The van der Waals surface area contributed by atoms with Gasteiger partial charge in [-0.05, 0) is 41.8 Å². The molecule has 0 amide bonds. The van der Waals surface area contributed by atoms with E-state index in [2.05, 4.69) is 5.32 Å². The molecule has 20 heavy (non-hydrogen) atoms. The Hall–Kier alpha value is -1.78. The maximum absolute atomic E-state index is 13.0. The minimum absolute atomic E-state index is 0.0405. The van der Waals surface area contributed by atoms with E-state index in [-0.39, 0.29) is 6.61 Å². The number of aliphatic hydroxyl groups excluding tert-OH is 1. The van der Waals surface area contributed by atoms with Crippen LogP contribution in [0.2, 0.25) is 0 Å². The maximum Gasteiger partial charge on any atom is 0.126 e. The summed E-state index contributed by atoms with van der Waals surface area (Å²) in [5.41, 5.74) is 2.63. The second-order valence-electron chi connectivity index (χ2n) is 4.68. The molecule has 2 aromatic rings. The Balaban J connectivity index is 1.78. The van der Waals surface area contributed by atoms with Crippen LogP contribution in [0.4, 0.5) is 8.78 Å². The van der Waals surface area contributed by atoms with E-state index in [4.69, 9.17) is 5.11 Å². The third kappa shape index (κ3) is 4.40. The molecule has 4 heteroatoms. The molecule has 0 spiro atoms. The van der Waals surface area contributed by atoms with Crippen molar-refractivity contribution in [2.24, 2.45) is 0 Å². The molecule has 0 aromatic heterocycles. The molecule has 2 aromatic carbocycles. The van der Waals surface area contributed by atoms with Gasteiger partial charge in [-0.2, -0.15) is 0 Å². The van der Waals surface area contributed by atoms with Crippen LogP contribution in [0.15, 0.2) is 42.5 Å². The van der Waals surface area contributed by atoms with E-state index in [9.17, 15) is 8.78 Å². The first-order valence-corrected chi connectivity index (χ1v) is 6.52. The standard InChI is InChI=1S/C16H17F2NO/c17-15-7-14(8-16(18)9-15)5-6-19-10-12-1-3-13(11-20)4-2-12/h1-4,7-9,19-20H,5-6,10-11H2. The van der Waals surface area contributed by atoms with Gasteiger partial charge in [-0.15, -0.1) is 0 Å². The quantitative estimate of drug-likeness (QED) is 0.796. The molecule has 0 aliphatic carbocycles. The van der Waals surface area contributed by atoms with Crippen LogP contribution in [-0.2, 0) is 19.6 Å². The van der Waals surface area contributed by atoms with Crippen molar-refractivity contribution in [2.45, 2.75) is 19.6 Å². The fraction of sp³-hybridized carbons (Fsp3) is 0.250. The van der Waals surface area contributed by atoms with Crippen molar-refractivity contribution >= 4 is 0 Å². The Morgan fingerprint density at radius 1 is 0.850 bits per heavy atom. The second kappa shape index (κ2) is 7.12. The fourth-order valence-electron chi connectivity index (χ4n) is 1.98. The summed E-state index contributed by atoms with van der Waals surface area (Å²) in [5.74, 6) is -1.08. The van der Waals surface area contributed by atoms with E-state index >= 15 is 0 Å². The number of rotatable bonds is 6. The van der Waals surface area contributed by atoms with Crippen LogP contribution in [0, 0.1) is 11.6 Å². The first-order valence-electron chi connectivity index (χ1n) is 6.52. The van der Waals surface area contributed by atoms with E-state index in [1.807, 2.05) is 24.3 Å². The zero-order valence-electron chi connectivity index (χ0n) is 11.1. The summed E-state index contributed by atoms with van der Waals surface area (Å²) in [6, 6.07) is 11.2. The molecule has 0 saturated heterocycles. The van der Waals surface area contributed by atoms with Crippen molar-refractivity contribution in [1.82, 2.24) is 5.32 Å². The monoisotopic (exact) mass is 277 g/mol. The first kappa shape index (κ1) is 14.6. The molecule has 0 aliphatic heterocycles. The lowest BCUT2D eigenvalue weighted by Gasteiger charge is -2.06. The van der Waals surface area contributed by atoms with Crippen LogP contribution in [0.5, 0.6) is 0 Å². The molecule has 106 valence electrons. The van der Waals surface area contributed by atoms with Gasteiger partial charge in [0.25, 0.3) is 0 Å². The Bertz CT molecular complexity index is 535. The van der Waals surface area contributed by atoms with Gasteiger partial charge in [-0.1, -0.05) is 24.3 Å². The minimum atomic E-state index is -0.542. The van der Waals surface area contributed by atoms with Crippen LogP contribution in [0.25, 0.3) is 0 Å². The summed E-state index contributed by atoms with van der Waals surface area (Å²) >= 11 is 0. The van der Waals surface area contributed by atoms with Crippen molar-refractivity contribution < 1.29 is 13.9 Å². The molecule has 2 nitrogen and oxygen atoms in total. The van der Waals surface area contributed by atoms with Crippen molar-refractivity contribution in [3.05, 3.63) is 70.8 Å².